The number of imidazole rings is 1. The van der Waals surface area contributed by atoms with Crippen molar-refractivity contribution in [1.29, 1.82) is 0 Å². The largest absolute Gasteiger partial charge is 0.488 e. The molecule has 5 rings (SSSR count). The van der Waals surface area contributed by atoms with E-state index in [9.17, 15) is 4.79 Å². The second-order valence-corrected chi connectivity index (χ2v) is 7.77. The van der Waals surface area contributed by atoms with Gasteiger partial charge < -0.3 is 9.30 Å². The molecule has 0 bridgehead atoms. The third-order valence-electron chi connectivity index (χ3n) is 4.88. The van der Waals surface area contributed by atoms with Crippen molar-refractivity contribution >= 4 is 22.4 Å². The number of hydrogen-bond donors (Lipinski definition) is 0. The molecule has 0 spiro atoms. The number of thiazole rings is 1. The number of ether oxygens (including phenoxy) is 1. The topological polar surface area (TPSA) is 61.9 Å². The van der Waals surface area contributed by atoms with E-state index in [2.05, 4.69) is 9.55 Å². The highest BCUT2D eigenvalue weighted by molar-refractivity contribution is 7.09. The summed E-state index contributed by atoms with van der Waals surface area (Å²) in [4.78, 5) is 22.4. The molecule has 1 saturated carbocycles. The van der Waals surface area contributed by atoms with E-state index in [1.807, 2.05) is 31.3 Å². The van der Waals surface area contributed by atoms with Crippen LogP contribution in [0.25, 0.3) is 16.7 Å². The van der Waals surface area contributed by atoms with Gasteiger partial charge in [-0.2, -0.15) is 0 Å². The Labute approximate surface area is 159 Å². The molecule has 1 aliphatic carbocycles. The molecule has 1 aromatic carbocycles. The standard InChI is InChI=1S/C20H18N4O2S/c1-23-18-8-14(4-5-17(18)22-20(23)13-2-3-13)24-7-6-15(9-19(24)25)26-11-16-10-21-12-27-16/h4-10,12-13H,2-3,11H2,1H3. The van der Waals surface area contributed by atoms with Gasteiger partial charge in [0.2, 0.25) is 0 Å². The van der Waals surface area contributed by atoms with Gasteiger partial charge in [-0.3, -0.25) is 14.3 Å². The van der Waals surface area contributed by atoms with Gasteiger partial charge in [-0.1, -0.05) is 0 Å². The first-order chi connectivity index (χ1) is 13.2. The molecule has 3 heterocycles. The summed E-state index contributed by atoms with van der Waals surface area (Å²) < 4.78 is 9.47. The summed E-state index contributed by atoms with van der Waals surface area (Å²) in [5, 5.41) is 0. The van der Waals surface area contributed by atoms with E-state index in [4.69, 9.17) is 9.72 Å². The maximum atomic E-state index is 12.6. The van der Waals surface area contributed by atoms with Crippen LogP contribution in [0.5, 0.6) is 5.75 Å². The maximum Gasteiger partial charge on any atom is 0.258 e. The average Bonchev–Trinajstić information content (AvgIpc) is 3.28. The van der Waals surface area contributed by atoms with E-state index >= 15 is 0 Å². The number of rotatable bonds is 5. The molecular weight excluding hydrogens is 360 g/mol. The minimum absolute atomic E-state index is 0.124. The van der Waals surface area contributed by atoms with Gasteiger partial charge in [0.05, 0.1) is 27.1 Å². The van der Waals surface area contributed by atoms with Crippen molar-refractivity contribution in [2.24, 2.45) is 7.05 Å². The van der Waals surface area contributed by atoms with Crippen molar-refractivity contribution in [3.63, 3.8) is 0 Å². The molecule has 0 radical (unpaired) electrons. The predicted octanol–water partition coefficient (Wildman–Crippen LogP) is 3.64. The van der Waals surface area contributed by atoms with Gasteiger partial charge in [0.25, 0.3) is 5.56 Å². The quantitative estimate of drug-likeness (QED) is 0.532. The van der Waals surface area contributed by atoms with Crippen LogP contribution in [0, 0.1) is 0 Å². The highest BCUT2D eigenvalue weighted by Crippen LogP contribution is 2.40. The first-order valence-corrected chi connectivity index (χ1v) is 9.76. The molecule has 0 amide bonds. The van der Waals surface area contributed by atoms with Crippen LogP contribution >= 0.6 is 11.3 Å². The van der Waals surface area contributed by atoms with Crippen LogP contribution in [0.15, 0.2) is 53.0 Å². The number of benzene rings is 1. The lowest BCUT2D eigenvalue weighted by molar-refractivity contribution is 0.308. The summed E-state index contributed by atoms with van der Waals surface area (Å²) in [5.41, 5.74) is 4.49. The summed E-state index contributed by atoms with van der Waals surface area (Å²) >= 11 is 1.53. The van der Waals surface area contributed by atoms with Crippen molar-refractivity contribution in [3.05, 3.63) is 69.3 Å². The molecule has 0 saturated heterocycles. The smallest absolute Gasteiger partial charge is 0.258 e. The third kappa shape index (κ3) is 3.04. The first kappa shape index (κ1) is 16.3. The Morgan fingerprint density at radius 3 is 2.89 bits per heavy atom. The van der Waals surface area contributed by atoms with Gasteiger partial charge >= 0.3 is 0 Å². The highest BCUT2D eigenvalue weighted by Gasteiger charge is 2.28. The Morgan fingerprint density at radius 2 is 2.15 bits per heavy atom. The zero-order chi connectivity index (χ0) is 18.4. The molecule has 0 unspecified atom stereocenters. The molecule has 1 aliphatic rings. The Morgan fingerprint density at radius 1 is 1.26 bits per heavy atom. The van der Waals surface area contributed by atoms with E-state index in [1.54, 1.807) is 22.5 Å². The molecule has 3 aromatic heterocycles. The van der Waals surface area contributed by atoms with Gasteiger partial charge in [0.1, 0.15) is 18.2 Å². The van der Waals surface area contributed by atoms with Crippen LogP contribution in [0.3, 0.4) is 0 Å². The normalized spacial score (nSPS) is 14.0. The number of aryl methyl sites for hydroxylation is 1. The molecule has 0 N–H and O–H groups in total. The van der Waals surface area contributed by atoms with Crippen molar-refractivity contribution in [3.8, 4) is 11.4 Å². The molecule has 7 heteroatoms. The fourth-order valence-electron chi connectivity index (χ4n) is 3.29. The molecule has 4 aromatic rings. The second kappa shape index (κ2) is 6.35. The van der Waals surface area contributed by atoms with Crippen molar-refractivity contribution in [2.75, 3.05) is 0 Å². The van der Waals surface area contributed by atoms with Gasteiger partial charge in [-0.25, -0.2) is 4.98 Å². The number of nitrogens with zero attached hydrogens (tertiary/aromatic N) is 4. The van der Waals surface area contributed by atoms with E-state index in [0.29, 0.717) is 18.3 Å². The van der Waals surface area contributed by atoms with Crippen LogP contribution < -0.4 is 10.3 Å². The van der Waals surface area contributed by atoms with Crippen molar-refractivity contribution in [1.82, 2.24) is 19.1 Å². The van der Waals surface area contributed by atoms with Crippen molar-refractivity contribution in [2.45, 2.75) is 25.4 Å². The monoisotopic (exact) mass is 378 g/mol. The summed E-state index contributed by atoms with van der Waals surface area (Å²) in [7, 11) is 2.05. The summed E-state index contributed by atoms with van der Waals surface area (Å²) in [5.74, 6) is 2.28. The van der Waals surface area contributed by atoms with E-state index < -0.39 is 0 Å². The highest BCUT2D eigenvalue weighted by atomic mass is 32.1. The molecule has 27 heavy (non-hydrogen) atoms. The van der Waals surface area contributed by atoms with Gasteiger partial charge in [0.15, 0.2) is 0 Å². The fraction of sp³-hybridized carbons (Fsp3) is 0.250. The van der Waals surface area contributed by atoms with Crippen LogP contribution in [0.1, 0.15) is 29.5 Å². The van der Waals surface area contributed by atoms with E-state index in [0.717, 1.165) is 27.4 Å². The summed E-state index contributed by atoms with van der Waals surface area (Å²) in [6, 6.07) is 9.27. The Balaban J connectivity index is 1.45. The van der Waals surface area contributed by atoms with Gasteiger partial charge in [0, 0.05) is 31.4 Å². The number of aromatic nitrogens is 4. The Bertz CT molecular complexity index is 1170. The Kier molecular flexibility index (Phi) is 3.82. The molecular formula is C20H18N4O2S. The zero-order valence-corrected chi connectivity index (χ0v) is 15.6. The molecule has 0 aliphatic heterocycles. The van der Waals surface area contributed by atoms with Crippen LogP contribution in [0.4, 0.5) is 0 Å². The lowest BCUT2D eigenvalue weighted by Crippen LogP contribution is -2.16. The average molecular weight is 378 g/mol. The third-order valence-corrected chi connectivity index (χ3v) is 5.63. The van der Waals surface area contributed by atoms with E-state index in [-0.39, 0.29) is 5.56 Å². The van der Waals surface area contributed by atoms with Crippen LogP contribution in [-0.4, -0.2) is 19.1 Å². The lowest BCUT2D eigenvalue weighted by atomic mass is 10.2. The number of hydrogen-bond acceptors (Lipinski definition) is 5. The molecule has 0 atom stereocenters. The maximum absolute atomic E-state index is 12.6. The lowest BCUT2D eigenvalue weighted by Gasteiger charge is -2.09. The molecule has 6 nitrogen and oxygen atoms in total. The minimum atomic E-state index is -0.124. The second-order valence-electron chi connectivity index (χ2n) is 6.80. The minimum Gasteiger partial charge on any atom is -0.488 e. The molecule has 136 valence electrons. The van der Waals surface area contributed by atoms with Crippen LogP contribution in [-0.2, 0) is 13.7 Å². The summed E-state index contributed by atoms with van der Waals surface area (Å²) in [6.07, 6.45) is 5.95. The Hall–Kier alpha value is -2.93. The number of fused-ring (bicyclic) bond motifs is 1. The van der Waals surface area contributed by atoms with Crippen LogP contribution in [0.2, 0.25) is 0 Å². The first-order valence-electron chi connectivity index (χ1n) is 8.88. The number of pyridine rings is 1. The van der Waals surface area contributed by atoms with Crippen molar-refractivity contribution < 1.29 is 4.74 Å². The van der Waals surface area contributed by atoms with E-state index in [1.165, 1.54) is 30.2 Å². The molecule has 1 fully saturated rings. The SMILES string of the molecule is Cn1c(C2CC2)nc2ccc(-n3ccc(OCc4cncs4)cc3=O)cc21. The predicted molar refractivity (Wildman–Crippen MR) is 105 cm³/mol. The fourth-order valence-corrected chi connectivity index (χ4v) is 3.79. The van der Waals surface area contributed by atoms with Gasteiger partial charge in [-0.05, 0) is 37.1 Å². The summed E-state index contributed by atoms with van der Waals surface area (Å²) in [6.45, 7) is 0.416. The zero-order valence-electron chi connectivity index (χ0n) is 14.8. The van der Waals surface area contributed by atoms with Gasteiger partial charge in [-0.15, -0.1) is 11.3 Å².